The summed E-state index contributed by atoms with van der Waals surface area (Å²) in [6.07, 6.45) is 3.00. The summed E-state index contributed by atoms with van der Waals surface area (Å²) in [5.74, 6) is -0.193. The first-order valence-electron chi connectivity index (χ1n) is 10.3. The topological polar surface area (TPSA) is 135 Å². The number of fused-ring (bicyclic) bond motifs is 1. The number of nitrogens with one attached hydrogen (secondary N) is 1. The Morgan fingerprint density at radius 3 is 2.70 bits per heavy atom. The van der Waals surface area contributed by atoms with E-state index in [1.54, 1.807) is 20.8 Å². The molecule has 166 valence electrons. The van der Waals surface area contributed by atoms with Crippen LogP contribution in [0.1, 0.15) is 57.7 Å². The van der Waals surface area contributed by atoms with E-state index in [1.165, 1.54) is 4.90 Å². The van der Waals surface area contributed by atoms with Gasteiger partial charge >= 0.3 is 12.1 Å². The zero-order valence-corrected chi connectivity index (χ0v) is 17.9. The molecule has 0 spiro atoms. The van der Waals surface area contributed by atoms with Crippen molar-refractivity contribution < 1.29 is 24.2 Å². The van der Waals surface area contributed by atoms with Crippen LogP contribution in [-0.2, 0) is 27.2 Å². The quantitative estimate of drug-likeness (QED) is 0.432. The Kier molecular flexibility index (Phi) is 8.16. The Bertz CT molecular complexity index is 775. The van der Waals surface area contributed by atoms with Gasteiger partial charge in [0, 0.05) is 25.2 Å². The summed E-state index contributed by atoms with van der Waals surface area (Å²) < 4.78 is 5.18. The van der Waals surface area contributed by atoms with Crippen LogP contribution in [0.2, 0.25) is 0 Å². The van der Waals surface area contributed by atoms with Crippen molar-refractivity contribution in [3.63, 3.8) is 0 Å². The van der Waals surface area contributed by atoms with E-state index in [0.29, 0.717) is 31.6 Å². The second-order valence-corrected chi connectivity index (χ2v) is 8.47. The molecule has 1 aromatic rings. The molecule has 9 nitrogen and oxygen atoms in total. The van der Waals surface area contributed by atoms with Crippen LogP contribution < -0.4 is 16.0 Å². The fourth-order valence-corrected chi connectivity index (χ4v) is 3.17. The molecule has 2 heterocycles. The van der Waals surface area contributed by atoms with Gasteiger partial charge in [0.1, 0.15) is 17.5 Å². The molecule has 30 heavy (non-hydrogen) atoms. The van der Waals surface area contributed by atoms with E-state index in [4.69, 9.17) is 10.5 Å². The number of ether oxygens (including phenoxy) is 1. The number of amides is 2. The van der Waals surface area contributed by atoms with Gasteiger partial charge in [0.25, 0.3) is 0 Å². The Morgan fingerprint density at radius 1 is 1.30 bits per heavy atom. The van der Waals surface area contributed by atoms with E-state index in [0.717, 1.165) is 30.5 Å². The lowest BCUT2D eigenvalue weighted by Crippen LogP contribution is -2.45. The fraction of sp³-hybridized carbons (Fsp3) is 0.619. The molecule has 1 aromatic heterocycles. The normalized spacial score (nSPS) is 14.6. The van der Waals surface area contributed by atoms with Gasteiger partial charge in [0.2, 0.25) is 5.91 Å². The summed E-state index contributed by atoms with van der Waals surface area (Å²) in [5.41, 5.74) is 6.89. The highest BCUT2D eigenvalue weighted by molar-refractivity contribution is 5.86. The van der Waals surface area contributed by atoms with Crippen LogP contribution in [0, 0.1) is 0 Å². The van der Waals surface area contributed by atoms with Gasteiger partial charge in [-0.2, -0.15) is 0 Å². The molecule has 0 bridgehead atoms. The predicted octanol–water partition coefficient (Wildman–Crippen LogP) is 2.01. The van der Waals surface area contributed by atoms with Crippen molar-refractivity contribution in [2.45, 2.75) is 70.9 Å². The summed E-state index contributed by atoms with van der Waals surface area (Å²) in [6.45, 7) is 5.77. The van der Waals surface area contributed by atoms with Crippen molar-refractivity contribution in [2.75, 3.05) is 18.0 Å². The first kappa shape index (κ1) is 23.6. The number of hydrogen-bond donors (Lipinski definition) is 3. The summed E-state index contributed by atoms with van der Waals surface area (Å²) in [6, 6.07) is 2.96. The van der Waals surface area contributed by atoms with Gasteiger partial charge in [-0.25, -0.2) is 9.78 Å². The molecule has 4 N–H and O–H groups in total. The Hall–Kier alpha value is -2.68. The lowest BCUT2D eigenvalue weighted by atomic mass is 10.0. The maximum Gasteiger partial charge on any atom is 0.413 e. The molecule has 0 radical (unpaired) electrons. The number of unbranched alkanes of at least 4 members (excludes halogenated alkanes) is 1. The summed E-state index contributed by atoms with van der Waals surface area (Å²) in [7, 11) is 0. The average molecular weight is 421 g/mol. The lowest BCUT2D eigenvalue weighted by Gasteiger charge is -2.26. The van der Waals surface area contributed by atoms with Gasteiger partial charge in [0.15, 0.2) is 0 Å². The van der Waals surface area contributed by atoms with E-state index >= 15 is 0 Å². The number of aryl methyl sites for hydroxylation is 2. The number of hydrogen-bond acceptors (Lipinski definition) is 6. The summed E-state index contributed by atoms with van der Waals surface area (Å²) in [4.78, 5) is 41.0. The van der Waals surface area contributed by atoms with Crippen LogP contribution in [0.4, 0.5) is 10.6 Å². The Balaban J connectivity index is 1.72. The number of rotatable bonds is 8. The maximum absolute atomic E-state index is 12.0. The number of aromatic nitrogens is 1. The Morgan fingerprint density at radius 2 is 2.03 bits per heavy atom. The number of anilines is 1. The van der Waals surface area contributed by atoms with Crippen molar-refractivity contribution >= 4 is 23.8 Å². The molecule has 1 atom stereocenters. The maximum atomic E-state index is 12.0. The number of carbonyl (C=O) groups is 3. The van der Waals surface area contributed by atoms with Crippen LogP contribution in [0.5, 0.6) is 0 Å². The van der Waals surface area contributed by atoms with Gasteiger partial charge in [-0.05, 0) is 64.5 Å². The minimum absolute atomic E-state index is 0.0329. The van der Waals surface area contributed by atoms with Crippen LogP contribution in [0.3, 0.4) is 0 Å². The number of carboxylic acid groups (broad SMARTS) is 1. The minimum atomic E-state index is -0.984. The third-order valence-electron chi connectivity index (χ3n) is 4.64. The molecular formula is C21H32N4O5. The predicted molar refractivity (Wildman–Crippen MR) is 112 cm³/mol. The molecule has 1 aliphatic heterocycles. The molecule has 0 saturated heterocycles. The molecule has 0 aromatic carbocycles. The monoisotopic (exact) mass is 420 g/mol. The van der Waals surface area contributed by atoms with Crippen molar-refractivity contribution in [1.82, 2.24) is 10.3 Å². The minimum Gasteiger partial charge on any atom is -0.465 e. The van der Waals surface area contributed by atoms with Gasteiger partial charge < -0.3 is 20.9 Å². The first-order chi connectivity index (χ1) is 14.1. The van der Waals surface area contributed by atoms with Crippen molar-refractivity contribution in [2.24, 2.45) is 5.73 Å². The van der Waals surface area contributed by atoms with Gasteiger partial charge in [-0.3, -0.25) is 14.5 Å². The van der Waals surface area contributed by atoms with Crippen LogP contribution >= 0.6 is 0 Å². The van der Waals surface area contributed by atoms with Gasteiger partial charge in [0.05, 0.1) is 0 Å². The molecule has 1 unspecified atom stereocenters. The van der Waals surface area contributed by atoms with E-state index in [1.807, 2.05) is 12.1 Å². The number of esters is 1. The molecule has 0 saturated carbocycles. The zero-order valence-electron chi connectivity index (χ0n) is 17.9. The van der Waals surface area contributed by atoms with Gasteiger partial charge in [-0.1, -0.05) is 6.07 Å². The number of pyridine rings is 1. The van der Waals surface area contributed by atoms with E-state index < -0.39 is 23.7 Å². The van der Waals surface area contributed by atoms with Crippen LogP contribution in [0.15, 0.2) is 12.1 Å². The van der Waals surface area contributed by atoms with E-state index in [-0.39, 0.29) is 12.5 Å². The zero-order chi connectivity index (χ0) is 22.3. The standard InChI is InChI=1S/C21H32N4O5/c1-21(2,3)30-19(27)16(22)13-23-17(26)9-5-4-8-15-11-10-14-7-6-12-25(20(28)29)18(14)24-15/h10-11,16H,4-9,12-13,22H2,1-3H3,(H,23,26)(H,28,29). The molecule has 2 rings (SSSR count). The smallest absolute Gasteiger partial charge is 0.413 e. The third kappa shape index (κ3) is 7.29. The molecule has 1 aliphatic rings. The Labute approximate surface area is 177 Å². The SMILES string of the molecule is CC(C)(C)OC(=O)C(N)CNC(=O)CCCCc1ccc2c(n1)N(C(=O)O)CCC2. The largest absolute Gasteiger partial charge is 0.465 e. The number of nitrogens with two attached hydrogens (primary N) is 1. The highest BCUT2D eigenvalue weighted by Crippen LogP contribution is 2.25. The molecule has 9 heteroatoms. The molecule has 0 aliphatic carbocycles. The van der Waals surface area contributed by atoms with Crippen molar-refractivity contribution in [1.29, 1.82) is 0 Å². The third-order valence-corrected chi connectivity index (χ3v) is 4.64. The average Bonchev–Trinajstić information content (AvgIpc) is 2.67. The highest BCUT2D eigenvalue weighted by Gasteiger charge is 2.24. The van der Waals surface area contributed by atoms with Crippen LogP contribution in [0.25, 0.3) is 0 Å². The second kappa shape index (κ2) is 10.4. The molecular weight excluding hydrogens is 388 g/mol. The highest BCUT2D eigenvalue weighted by atomic mass is 16.6. The van der Waals surface area contributed by atoms with E-state index in [9.17, 15) is 19.5 Å². The van der Waals surface area contributed by atoms with Crippen molar-refractivity contribution in [3.05, 3.63) is 23.4 Å². The lowest BCUT2D eigenvalue weighted by molar-refractivity contribution is -0.156. The van der Waals surface area contributed by atoms with E-state index in [2.05, 4.69) is 10.3 Å². The number of carbonyl (C=O) groups excluding carboxylic acids is 2. The van der Waals surface area contributed by atoms with Crippen molar-refractivity contribution in [3.8, 4) is 0 Å². The van der Waals surface area contributed by atoms with Crippen LogP contribution in [-0.4, -0.2) is 52.8 Å². The summed E-state index contributed by atoms with van der Waals surface area (Å²) in [5, 5.41) is 12.0. The molecule has 2 amide bonds. The van der Waals surface area contributed by atoms with Gasteiger partial charge in [-0.15, -0.1) is 0 Å². The number of nitrogens with zero attached hydrogens (tertiary/aromatic N) is 2. The first-order valence-corrected chi connectivity index (χ1v) is 10.3. The second-order valence-electron chi connectivity index (χ2n) is 8.47. The molecule has 0 fully saturated rings. The fourth-order valence-electron chi connectivity index (χ4n) is 3.17. The summed E-state index contributed by atoms with van der Waals surface area (Å²) >= 11 is 0.